The molecule has 1 aliphatic carbocycles. The average Bonchev–Trinajstić information content (AvgIpc) is 2.40. The number of nitrogens with one attached hydrogen (secondary N) is 1. The smallest absolute Gasteiger partial charge is 0.251 e. The van der Waals surface area contributed by atoms with Gasteiger partial charge in [-0.05, 0) is 44.2 Å². The van der Waals surface area contributed by atoms with Crippen molar-refractivity contribution in [2.45, 2.75) is 26.2 Å². The van der Waals surface area contributed by atoms with E-state index in [0.29, 0.717) is 23.6 Å². The van der Waals surface area contributed by atoms with Gasteiger partial charge in [0.05, 0.1) is 0 Å². The fourth-order valence-electron chi connectivity index (χ4n) is 2.24. The summed E-state index contributed by atoms with van der Waals surface area (Å²) >= 11 is 0. The van der Waals surface area contributed by atoms with Crippen LogP contribution >= 0.6 is 0 Å². The van der Waals surface area contributed by atoms with Crippen molar-refractivity contribution in [2.75, 3.05) is 6.54 Å². The Balaban J connectivity index is 1.95. The summed E-state index contributed by atoms with van der Waals surface area (Å²) in [7, 11) is 0. The van der Waals surface area contributed by atoms with Gasteiger partial charge >= 0.3 is 0 Å². The van der Waals surface area contributed by atoms with E-state index in [0.717, 1.165) is 19.3 Å². The Morgan fingerprint density at radius 1 is 1.44 bits per heavy atom. The van der Waals surface area contributed by atoms with Gasteiger partial charge in [-0.3, -0.25) is 4.79 Å². The zero-order valence-electron chi connectivity index (χ0n) is 10.6. The lowest BCUT2D eigenvalue weighted by Gasteiger charge is -2.18. The molecule has 1 atom stereocenters. The number of aromatic hydroxyl groups is 1. The molecule has 2 N–H and O–H groups in total. The van der Waals surface area contributed by atoms with Gasteiger partial charge in [-0.15, -0.1) is 0 Å². The van der Waals surface area contributed by atoms with Crippen molar-refractivity contribution >= 4 is 5.91 Å². The van der Waals surface area contributed by atoms with E-state index in [4.69, 9.17) is 0 Å². The molecule has 0 aromatic heterocycles. The quantitative estimate of drug-likeness (QED) is 0.804. The molecule has 0 saturated carbocycles. The van der Waals surface area contributed by atoms with Gasteiger partial charge in [0.2, 0.25) is 0 Å². The Labute approximate surface area is 108 Å². The summed E-state index contributed by atoms with van der Waals surface area (Å²) in [5, 5.41) is 12.5. The molecule has 18 heavy (non-hydrogen) atoms. The van der Waals surface area contributed by atoms with E-state index in [9.17, 15) is 9.90 Å². The van der Waals surface area contributed by atoms with Crippen LogP contribution in [-0.2, 0) is 0 Å². The molecule has 1 amide bonds. The van der Waals surface area contributed by atoms with Crippen LogP contribution in [0.5, 0.6) is 5.75 Å². The highest BCUT2D eigenvalue weighted by Gasteiger charge is 2.14. The van der Waals surface area contributed by atoms with E-state index in [2.05, 4.69) is 17.5 Å². The summed E-state index contributed by atoms with van der Waals surface area (Å²) in [5.74, 6) is 0.609. The second-order valence-corrected chi connectivity index (χ2v) is 4.81. The second kappa shape index (κ2) is 5.71. The summed E-state index contributed by atoms with van der Waals surface area (Å²) in [6.07, 6.45) is 7.65. The molecule has 0 saturated heterocycles. The van der Waals surface area contributed by atoms with E-state index >= 15 is 0 Å². The van der Waals surface area contributed by atoms with Crippen LogP contribution in [0.25, 0.3) is 0 Å². The molecule has 0 fully saturated rings. The van der Waals surface area contributed by atoms with Crippen molar-refractivity contribution in [3.63, 3.8) is 0 Å². The minimum Gasteiger partial charge on any atom is -0.508 e. The van der Waals surface area contributed by atoms with E-state index in [-0.39, 0.29) is 11.7 Å². The first-order chi connectivity index (χ1) is 8.68. The molecule has 0 radical (unpaired) electrons. The van der Waals surface area contributed by atoms with Crippen molar-refractivity contribution in [3.05, 3.63) is 41.5 Å². The maximum Gasteiger partial charge on any atom is 0.251 e. The minimum atomic E-state index is -0.0991. The molecule has 0 spiro atoms. The first kappa shape index (κ1) is 12.7. The third-order valence-corrected chi connectivity index (χ3v) is 3.48. The molecule has 0 bridgehead atoms. The van der Waals surface area contributed by atoms with Crippen LogP contribution in [0, 0.1) is 12.8 Å². The highest BCUT2D eigenvalue weighted by Crippen LogP contribution is 2.20. The molecule has 2 rings (SSSR count). The lowest BCUT2D eigenvalue weighted by molar-refractivity contribution is 0.0945. The molecule has 3 heteroatoms. The molecule has 0 aliphatic heterocycles. The van der Waals surface area contributed by atoms with Gasteiger partial charge in [-0.1, -0.05) is 18.2 Å². The zero-order valence-corrected chi connectivity index (χ0v) is 10.6. The van der Waals surface area contributed by atoms with Crippen LogP contribution in [0.4, 0.5) is 0 Å². The number of phenols is 1. The second-order valence-electron chi connectivity index (χ2n) is 4.81. The third-order valence-electron chi connectivity index (χ3n) is 3.48. The van der Waals surface area contributed by atoms with Crippen molar-refractivity contribution in [2.24, 2.45) is 5.92 Å². The summed E-state index contributed by atoms with van der Waals surface area (Å²) in [4.78, 5) is 12.0. The van der Waals surface area contributed by atoms with Crippen LogP contribution in [-0.4, -0.2) is 17.6 Å². The number of allylic oxidation sites excluding steroid dienone is 2. The van der Waals surface area contributed by atoms with Gasteiger partial charge in [0.1, 0.15) is 5.75 Å². The molecule has 1 aromatic rings. The normalized spacial score (nSPS) is 18.6. The SMILES string of the molecule is Cc1c(O)cccc1C(=O)NCC1CC=CCC1. The summed E-state index contributed by atoms with van der Waals surface area (Å²) in [6, 6.07) is 5.03. The molecule has 0 heterocycles. The first-order valence-corrected chi connectivity index (χ1v) is 6.40. The van der Waals surface area contributed by atoms with Gasteiger partial charge in [-0.2, -0.15) is 0 Å². The highest BCUT2D eigenvalue weighted by molar-refractivity contribution is 5.96. The number of amides is 1. The van der Waals surface area contributed by atoms with E-state index in [1.807, 2.05) is 0 Å². The molecule has 1 unspecified atom stereocenters. The van der Waals surface area contributed by atoms with Crippen LogP contribution in [0.3, 0.4) is 0 Å². The predicted molar refractivity (Wildman–Crippen MR) is 71.7 cm³/mol. The van der Waals surface area contributed by atoms with Gasteiger partial charge < -0.3 is 10.4 Å². The van der Waals surface area contributed by atoms with Gasteiger partial charge in [-0.25, -0.2) is 0 Å². The average molecular weight is 245 g/mol. The van der Waals surface area contributed by atoms with E-state index < -0.39 is 0 Å². The Kier molecular flexibility index (Phi) is 4.03. The molecule has 1 aromatic carbocycles. The number of benzene rings is 1. The minimum absolute atomic E-state index is 0.0991. The van der Waals surface area contributed by atoms with Gasteiger partial charge in [0.15, 0.2) is 0 Å². The summed E-state index contributed by atoms with van der Waals surface area (Å²) < 4.78 is 0. The standard InChI is InChI=1S/C15H19NO2/c1-11-13(8-5-9-14(11)17)15(18)16-10-12-6-3-2-4-7-12/h2-3,5,8-9,12,17H,4,6-7,10H2,1H3,(H,16,18). The molecule has 3 nitrogen and oxygen atoms in total. The van der Waals surface area contributed by atoms with Crippen molar-refractivity contribution in [3.8, 4) is 5.75 Å². The lowest BCUT2D eigenvalue weighted by atomic mass is 9.94. The highest BCUT2D eigenvalue weighted by atomic mass is 16.3. The summed E-state index contributed by atoms with van der Waals surface area (Å²) in [6.45, 7) is 2.46. The van der Waals surface area contributed by atoms with Crippen LogP contribution in [0.1, 0.15) is 35.2 Å². The first-order valence-electron chi connectivity index (χ1n) is 6.40. The monoisotopic (exact) mass is 245 g/mol. The molecule has 96 valence electrons. The van der Waals surface area contributed by atoms with Gasteiger partial charge in [0.25, 0.3) is 5.91 Å². The Morgan fingerprint density at radius 3 is 3.00 bits per heavy atom. The fraction of sp³-hybridized carbons (Fsp3) is 0.400. The number of hydrogen-bond donors (Lipinski definition) is 2. The largest absolute Gasteiger partial charge is 0.508 e. The zero-order chi connectivity index (χ0) is 13.0. The number of carbonyl (C=O) groups excluding carboxylic acids is 1. The fourth-order valence-corrected chi connectivity index (χ4v) is 2.24. The number of hydrogen-bond acceptors (Lipinski definition) is 2. The van der Waals surface area contributed by atoms with Crippen molar-refractivity contribution in [1.82, 2.24) is 5.32 Å². The maximum absolute atomic E-state index is 12.0. The lowest BCUT2D eigenvalue weighted by Crippen LogP contribution is -2.30. The predicted octanol–water partition coefficient (Wildman–Crippen LogP) is 2.79. The molecule has 1 aliphatic rings. The van der Waals surface area contributed by atoms with Gasteiger partial charge in [0, 0.05) is 17.7 Å². The number of phenolic OH excluding ortho intramolecular Hbond substituents is 1. The molecular formula is C15H19NO2. The van der Waals surface area contributed by atoms with E-state index in [1.54, 1.807) is 25.1 Å². The Morgan fingerprint density at radius 2 is 2.28 bits per heavy atom. The topological polar surface area (TPSA) is 49.3 Å². The Hall–Kier alpha value is -1.77. The number of rotatable bonds is 3. The van der Waals surface area contributed by atoms with Crippen LogP contribution < -0.4 is 5.32 Å². The maximum atomic E-state index is 12.0. The number of carbonyl (C=O) groups is 1. The van der Waals surface area contributed by atoms with Crippen LogP contribution in [0.2, 0.25) is 0 Å². The summed E-state index contributed by atoms with van der Waals surface area (Å²) in [5.41, 5.74) is 1.19. The van der Waals surface area contributed by atoms with Crippen molar-refractivity contribution in [1.29, 1.82) is 0 Å². The van der Waals surface area contributed by atoms with Crippen LogP contribution in [0.15, 0.2) is 30.4 Å². The molecular weight excluding hydrogens is 226 g/mol. The van der Waals surface area contributed by atoms with E-state index in [1.165, 1.54) is 0 Å². The third kappa shape index (κ3) is 2.92. The van der Waals surface area contributed by atoms with Crippen molar-refractivity contribution < 1.29 is 9.90 Å². The Bertz CT molecular complexity index is 466.